The van der Waals surface area contributed by atoms with Gasteiger partial charge in [0.05, 0.1) is 12.7 Å². The van der Waals surface area contributed by atoms with Crippen LogP contribution in [0.2, 0.25) is 36.3 Å². The Hall–Kier alpha value is -1.60. The molecule has 0 amide bonds. The van der Waals surface area contributed by atoms with Crippen molar-refractivity contribution in [3.8, 4) is 0 Å². The van der Waals surface area contributed by atoms with Crippen LogP contribution in [0.15, 0.2) is 34.5 Å². The molecule has 4 atom stereocenters. The van der Waals surface area contributed by atoms with Crippen LogP contribution >= 0.6 is 0 Å². The lowest BCUT2D eigenvalue weighted by Crippen LogP contribution is -2.57. The molecule has 1 fully saturated rings. The highest BCUT2D eigenvalue weighted by atomic mass is 28.4. The van der Waals surface area contributed by atoms with E-state index in [4.69, 9.17) is 13.6 Å². The fourth-order valence-corrected chi connectivity index (χ4v) is 6.03. The molecule has 8 nitrogen and oxygen atoms in total. The Balaban J connectivity index is 2.66. The van der Waals surface area contributed by atoms with Gasteiger partial charge < -0.3 is 13.6 Å². The Morgan fingerprint density at radius 2 is 1.69 bits per heavy atom. The Morgan fingerprint density at radius 1 is 1.11 bits per heavy atom. The number of H-pyrrole nitrogens is 1. The smallest absolute Gasteiger partial charge is 0.330 e. The minimum absolute atomic E-state index is 0.0223. The molecule has 1 aliphatic rings. The quantitative estimate of drug-likeness (QED) is 0.288. The molecule has 1 aromatic rings. The summed E-state index contributed by atoms with van der Waals surface area (Å²) in [6.45, 7) is 25.2. The maximum Gasteiger partial charge on any atom is 0.330 e. The van der Waals surface area contributed by atoms with Gasteiger partial charge in [-0.1, -0.05) is 47.6 Å². The van der Waals surface area contributed by atoms with Crippen molar-refractivity contribution in [3.63, 3.8) is 0 Å². The lowest BCUT2D eigenvalue weighted by Gasteiger charge is -2.44. The van der Waals surface area contributed by atoms with Gasteiger partial charge >= 0.3 is 5.69 Å². The number of ether oxygens (including phenoxy) is 1. The van der Waals surface area contributed by atoms with Crippen LogP contribution in [0.4, 0.5) is 0 Å². The van der Waals surface area contributed by atoms with Crippen molar-refractivity contribution in [1.82, 2.24) is 9.55 Å². The van der Waals surface area contributed by atoms with Crippen LogP contribution in [-0.4, -0.2) is 50.8 Å². The van der Waals surface area contributed by atoms with Crippen molar-refractivity contribution >= 4 is 22.9 Å². The Morgan fingerprint density at radius 3 is 2.14 bits per heavy atom. The predicted octanol–water partition coefficient (Wildman–Crippen LogP) is 4.61. The van der Waals surface area contributed by atoms with Crippen LogP contribution in [0, 0.1) is 5.92 Å². The third kappa shape index (κ3) is 6.04. The molecule has 1 aromatic heterocycles. The summed E-state index contributed by atoms with van der Waals surface area (Å²) >= 11 is 0. The number of rotatable bonds is 9. The molecular formula is C25H44N2O6Si2. The summed E-state index contributed by atoms with van der Waals surface area (Å²) in [5.41, 5.74) is -2.52. The molecule has 1 aliphatic heterocycles. The fourth-order valence-electron chi connectivity index (χ4n) is 3.65. The van der Waals surface area contributed by atoms with E-state index in [0.717, 1.165) is 6.29 Å². The van der Waals surface area contributed by atoms with Crippen LogP contribution in [0.5, 0.6) is 0 Å². The molecule has 0 aliphatic carbocycles. The zero-order valence-electron chi connectivity index (χ0n) is 23.1. The molecule has 0 radical (unpaired) electrons. The second kappa shape index (κ2) is 10.0. The summed E-state index contributed by atoms with van der Waals surface area (Å²) in [6, 6.07) is 1.27. The summed E-state index contributed by atoms with van der Waals surface area (Å²) in [6.07, 6.45) is 2.89. The highest BCUT2D eigenvalue weighted by Gasteiger charge is 2.59. The average Bonchev–Trinajstić information content (AvgIpc) is 2.98. The van der Waals surface area contributed by atoms with Crippen molar-refractivity contribution < 1.29 is 18.4 Å². The Labute approximate surface area is 211 Å². The van der Waals surface area contributed by atoms with Gasteiger partial charge in [0.15, 0.2) is 28.5 Å². The number of carbonyl (C=O) groups is 1. The van der Waals surface area contributed by atoms with Crippen LogP contribution < -0.4 is 11.2 Å². The molecule has 1 N–H and O–H groups in total. The summed E-state index contributed by atoms with van der Waals surface area (Å²) in [5.74, 6) is -0.390. The Kier molecular flexibility index (Phi) is 8.50. The van der Waals surface area contributed by atoms with E-state index in [9.17, 15) is 14.4 Å². The van der Waals surface area contributed by atoms with E-state index in [-0.39, 0.29) is 16.7 Å². The maximum absolute atomic E-state index is 12.9. The lowest BCUT2D eigenvalue weighted by molar-refractivity contribution is -0.149. The van der Waals surface area contributed by atoms with E-state index in [1.165, 1.54) is 16.8 Å². The first kappa shape index (κ1) is 29.6. The third-order valence-electron chi connectivity index (χ3n) is 8.03. The van der Waals surface area contributed by atoms with E-state index in [1.54, 1.807) is 6.08 Å². The Bertz CT molecular complexity index is 1030. The highest BCUT2D eigenvalue weighted by molar-refractivity contribution is 6.74. The minimum atomic E-state index is -2.37. The van der Waals surface area contributed by atoms with Crippen molar-refractivity contribution in [2.45, 2.75) is 102 Å². The molecule has 2 rings (SSSR count). The zero-order chi connectivity index (χ0) is 27.0. The SMILES string of the molecule is C=CC[C@H]1[C@H](n2ccc(=O)[nH]c2=O)O[C@](C=O)(CO[Si](C)(C)C(C)(C)C)[C@H]1O[Si](C)(C)C(C)(C)C. The molecule has 198 valence electrons. The van der Waals surface area contributed by atoms with Gasteiger partial charge in [0, 0.05) is 18.2 Å². The number of aromatic nitrogens is 2. The third-order valence-corrected chi connectivity index (χ3v) is 17.0. The van der Waals surface area contributed by atoms with Gasteiger partial charge in [0.25, 0.3) is 5.56 Å². The number of aromatic amines is 1. The number of aldehydes is 1. The van der Waals surface area contributed by atoms with Gasteiger partial charge in [0.1, 0.15) is 6.23 Å². The molecule has 0 aromatic carbocycles. The van der Waals surface area contributed by atoms with Gasteiger partial charge in [-0.3, -0.25) is 19.1 Å². The first-order valence-corrected chi connectivity index (χ1v) is 18.0. The average molecular weight is 525 g/mol. The van der Waals surface area contributed by atoms with Crippen LogP contribution in [0.25, 0.3) is 0 Å². The van der Waals surface area contributed by atoms with E-state index in [2.05, 4.69) is 79.3 Å². The topological polar surface area (TPSA) is 99.6 Å². The molecule has 0 saturated carbocycles. The van der Waals surface area contributed by atoms with Crippen molar-refractivity contribution in [2.75, 3.05) is 6.61 Å². The van der Waals surface area contributed by atoms with E-state index < -0.39 is 51.7 Å². The predicted molar refractivity (Wildman–Crippen MR) is 144 cm³/mol. The molecule has 0 spiro atoms. The van der Waals surface area contributed by atoms with Crippen molar-refractivity contribution in [1.29, 1.82) is 0 Å². The highest BCUT2D eigenvalue weighted by Crippen LogP contribution is 2.49. The molecule has 1 saturated heterocycles. The molecular weight excluding hydrogens is 480 g/mol. The van der Waals surface area contributed by atoms with Gasteiger partial charge in [0.2, 0.25) is 0 Å². The number of hydrogen-bond donors (Lipinski definition) is 1. The molecule has 0 unspecified atom stereocenters. The zero-order valence-corrected chi connectivity index (χ0v) is 25.1. The number of allylic oxidation sites excluding steroid dienone is 1. The molecule has 35 heavy (non-hydrogen) atoms. The lowest BCUT2D eigenvalue weighted by atomic mass is 9.89. The van der Waals surface area contributed by atoms with Crippen molar-refractivity contribution in [3.05, 3.63) is 45.8 Å². The van der Waals surface area contributed by atoms with Gasteiger partial charge in [-0.2, -0.15) is 0 Å². The molecule has 10 heteroatoms. The normalized spacial score (nSPS) is 26.1. The van der Waals surface area contributed by atoms with Gasteiger partial charge in [-0.05, 0) is 42.7 Å². The first-order valence-electron chi connectivity index (χ1n) is 12.2. The molecule has 0 bridgehead atoms. The van der Waals surface area contributed by atoms with Gasteiger partial charge in [-0.25, -0.2) is 4.79 Å². The van der Waals surface area contributed by atoms with E-state index in [1.807, 2.05) is 0 Å². The van der Waals surface area contributed by atoms with Crippen LogP contribution in [0.3, 0.4) is 0 Å². The van der Waals surface area contributed by atoms with Crippen LogP contribution in [-0.2, 0) is 18.4 Å². The van der Waals surface area contributed by atoms with Crippen molar-refractivity contribution in [2.24, 2.45) is 5.92 Å². The summed E-state index contributed by atoms with van der Waals surface area (Å²) in [5, 5.41) is -0.186. The summed E-state index contributed by atoms with van der Waals surface area (Å²) in [7, 11) is -4.61. The second-order valence-corrected chi connectivity index (χ2v) is 22.2. The maximum atomic E-state index is 12.9. The van der Waals surface area contributed by atoms with Crippen LogP contribution in [0.1, 0.15) is 54.2 Å². The number of nitrogens with one attached hydrogen (secondary N) is 1. The number of hydrogen-bond acceptors (Lipinski definition) is 6. The van der Waals surface area contributed by atoms with E-state index >= 15 is 0 Å². The fraction of sp³-hybridized carbons (Fsp3) is 0.720. The largest absolute Gasteiger partial charge is 0.413 e. The first-order chi connectivity index (χ1) is 15.8. The summed E-state index contributed by atoms with van der Waals surface area (Å²) < 4.78 is 21.2. The number of nitrogens with zero attached hydrogens (tertiary/aromatic N) is 1. The monoisotopic (exact) mass is 524 g/mol. The second-order valence-electron chi connectivity index (χ2n) is 12.6. The summed E-state index contributed by atoms with van der Waals surface area (Å²) in [4.78, 5) is 39.6. The minimum Gasteiger partial charge on any atom is -0.413 e. The van der Waals surface area contributed by atoms with E-state index in [0.29, 0.717) is 6.42 Å². The standard InChI is InChI=1S/C25H44N2O6Si2/c1-12-13-18-20(33-35(10,11)24(5,6)7)25(16-28,17-31-34(8,9)23(2,3)4)32-21(18)27-15-14-19(29)26-22(27)30/h12,14-16,18,20-21H,1,13,17H2,2-11H3,(H,26,29,30)/t18-,20+,21-,25-/m1/s1. The number of carbonyl (C=O) groups excluding carboxylic acids is 1. The molecule has 2 heterocycles. The van der Waals surface area contributed by atoms with Gasteiger partial charge in [-0.15, -0.1) is 6.58 Å².